The summed E-state index contributed by atoms with van der Waals surface area (Å²) in [6.07, 6.45) is 1.73. The fraction of sp³-hybridized carbons (Fsp3) is 0.375. The number of thiazole rings is 1. The van der Waals surface area contributed by atoms with Crippen molar-refractivity contribution in [3.63, 3.8) is 0 Å². The molecule has 1 fully saturated rings. The minimum absolute atomic E-state index is 0.0908. The molecule has 0 bridgehead atoms. The molecular weight excluding hydrogens is 314 g/mol. The first-order chi connectivity index (χ1) is 10.8. The molecule has 1 aliphatic rings. The van der Waals surface area contributed by atoms with E-state index in [9.17, 15) is 4.79 Å². The van der Waals surface area contributed by atoms with E-state index >= 15 is 0 Å². The number of rotatable bonds is 4. The standard InChI is InChI=1S/C16H19N3OS2/c1-18(16-17-7-10-22-16)15(20)14(13-5-3-2-4-6-13)19-8-11-21-12-9-19/h2-7,10,14H,8-9,11-12H2,1H3. The van der Waals surface area contributed by atoms with Crippen molar-refractivity contribution in [3.8, 4) is 0 Å². The number of carbonyl (C=O) groups excluding carboxylic acids is 1. The predicted molar refractivity (Wildman–Crippen MR) is 93.6 cm³/mol. The summed E-state index contributed by atoms with van der Waals surface area (Å²) in [7, 11) is 1.82. The van der Waals surface area contributed by atoms with Gasteiger partial charge < -0.3 is 0 Å². The van der Waals surface area contributed by atoms with Gasteiger partial charge in [-0.25, -0.2) is 4.98 Å². The Balaban J connectivity index is 1.89. The number of nitrogens with zero attached hydrogens (tertiary/aromatic N) is 3. The molecule has 6 heteroatoms. The molecule has 1 aromatic heterocycles. The number of benzene rings is 1. The van der Waals surface area contributed by atoms with Crippen LogP contribution in [0.4, 0.5) is 5.13 Å². The van der Waals surface area contributed by atoms with Crippen molar-refractivity contribution in [2.75, 3.05) is 36.5 Å². The molecule has 2 heterocycles. The molecule has 0 aliphatic carbocycles. The summed E-state index contributed by atoms with van der Waals surface area (Å²) in [5.41, 5.74) is 1.06. The molecule has 116 valence electrons. The highest BCUT2D eigenvalue weighted by Gasteiger charge is 2.32. The van der Waals surface area contributed by atoms with Gasteiger partial charge in [0.2, 0.25) is 5.91 Å². The van der Waals surface area contributed by atoms with Crippen molar-refractivity contribution in [3.05, 3.63) is 47.5 Å². The van der Waals surface area contributed by atoms with Gasteiger partial charge in [-0.2, -0.15) is 11.8 Å². The number of amides is 1. The normalized spacial score (nSPS) is 17.1. The zero-order valence-corrected chi connectivity index (χ0v) is 14.1. The van der Waals surface area contributed by atoms with Gasteiger partial charge in [0.1, 0.15) is 6.04 Å². The average molecular weight is 333 g/mol. The molecule has 3 rings (SSSR count). The van der Waals surface area contributed by atoms with Crippen molar-refractivity contribution < 1.29 is 4.79 Å². The van der Waals surface area contributed by atoms with Crippen LogP contribution in [0.3, 0.4) is 0 Å². The molecule has 1 aromatic carbocycles. The lowest BCUT2D eigenvalue weighted by molar-refractivity contribution is -0.123. The molecule has 0 radical (unpaired) electrons. The Morgan fingerprint density at radius 2 is 2.00 bits per heavy atom. The Kier molecular flexibility index (Phi) is 5.12. The van der Waals surface area contributed by atoms with E-state index < -0.39 is 0 Å². The highest BCUT2D eigenvalue weighted by Crippen LogP contribution is 2.28. The van der Waals surface area contributed by atoms with E-state index in [1.165, 1.54) is 11.3 Å². The molecular formula is C16H19N3OS2. The van der Waals surface area contributed by atoms with E-state index in [-0.39, 0.29) is 11.9 Å². The van der Waals surface area contributed by atoms with E-state index in [0.29, 0.717) is 0 Å². The smallest absolute Gasteiger partial charge is 0.250 e. The van der Waals surface area contributed by atoms with Crippen molar-refractivity contribution in [2.45, 2.75) is 6.04 Å². The van der Waals surface area contributed by atoms with Crippen LogP contribution >= 0.6 is 23.1 Å². The van der Waals surface area contributed by atoms with Gasteiger partial charge in [-0.3, -0.25) is 14.6 Å². The Morgan fingerprint density at radius 3 is 2.64 bits per heavy atom. The third-order valence-corrected chi connectivity index (χ3v) is 5.59. The van der Waals surface area contributed by atoms with Crippen LogP contribution in [0.15, 0.2) is 41.9 Å². The lowest BCUT2D eigenvalue weighted by Gasteiger charge is -2.35. The quantitative estimate of drug-likeness (QED) is 0.862. The van der Waals surface area contributed by atoms with Gasteiger partial charge >= 0.3 is 0 Å². The van der Waals surface area contributed by atoms with Crippen molar-refractivity contribution in [2.24, 2.45) is 0 Å². The van der Waals surface area contributed by atoms with Gasteiger partial charge in [0.05, 0.1) is 0 Å². The summed E-state index contributed by atoms with van der Waals surface area (Å²) in [4.78, 5) is 21.3. The molecule has 4 nitrogen and oxygen atoms in total. The van der Waals surface area contributed by atoms with Crippen LogP contribution in [0.5, 0.6) is 0 Å². The first-order valence-electron chi connectivity index (χ1n) is 7.31. The maximum Gasteiger partial charge on any atom is 0.250 e. The van der Waals surface area contributed by atoms with Gasteiger partial charge in [0.25, 0.3) is 0 Å². The summed E-state index contributed by atoms with van der Waals surface area (Å²) in [5.74, 6) is 2.25. The molecule has 0 N–H and O–H groups in total. The Morgan fingerprint density at radius 1 is 1.27 bits per heavy atom. The zero-order valence-electron chi connectivity index (χ0n) is 12.5. The first-order valence-corrected chi connectivity index (χ1v) is 9.34. The number of hydrogen-bond donors (Lipinski definition) is 0. The van der Waals surface area contributed by atoms with Crippen LogP contribution in [0, 0.1) is 0 Å². The summed E-state index contributed by atoms with van der Waals surface area (Å²) in [6, 6.07) is 9.84. The Labute approximate surface area is 139 Å². The van der Waals surface area contributed by atoms with Crippen molar-refractivity contribution in [1.29, 1.82) is 0 Å². The molecule has 1 saturated heterocycles. The first kappa shape index (κ1) is 15.5. The van der Waals surface area contributed by atoms with Gasteiger partial charge in [-0.15, -0.1) is 11.3 Å². The molecule has 1 amide bonds. The van der Waals surface area contributed by atoms with Crippen LogP contribution in [0.25, 0.3) is 0 Å². The maximum atomic E-state index is 13.1. The molecule has 2 aromatic rings. The van der Waals surface area contributed by atoms with Crippen LogP contribution < -0.4 is 4.90 Å². The number of anilines is 1. The molecule has 22 heavy (non-hydrogen) atoms. The number of carbonyl (C=O) groups is 1. The summed E-state index contributed by atoms with van der Waals surface area (Å²) in [5, 5.41) is 2.64. The second-order valence-electron chi connectivity index (χ2n) is 5.17. The fourth-order valence-electron chi connectivity index (χ4n) is 2.64. The van der Waals surface area contributed by atoms with Gasteiger partial charge in [0, 0.05) is 43.2 Å². The fourth-order valence-corrected chi connectivity index (χ4v) is 4.18. The topological polar surface area (TPSA) is 36.4 Å². The van der Waals surface area contributed by atoms with Crippen molar-refractivity contribution in [1.82, 2.24) is 9.88 Å². The number of likely N-dealkylation sites (N-methyl/N-ethyl adjacent to an activating group) is 1. The zero-order chi connectivity index (χ0) is 15.4. The van der Waals surface area contributed by atoms with E-state index in [2.05, 4.69) is 9.88 Å². The Bertz CT molecular complexity index is 597. The van der Waals surface area contributed by atoms with Gasteiger partial charge in [0.15, 0.2) is 5.13 Å². The lowest BCUT2D eigenvalue weighted by Crippen LogP contribution is -2.44. The number of hydrogen-bond acceptors (Lipinski definition) is 5. The molecule has 0 saturated carbocycles. The molecule has 1 unspecified atom stereocenters. The van der Waals surface area contributed by atoms with E-state index in [0.717, 1.165) is 35.3 Å². The monoisotopic (exact) mass is 333 g/mol. The number of thioether (sulfide) groups is 1. The lowest BCUT2D eigenvalue weighted by atomic mass is 10.0. The average Bonchev–Trinajstić information content (AvgIpc) is 3.11. The van der Waals surface area contributed by atoms with Gasteiger partial charge in [-0.05, 0) is 5.56 Å². The second kappa shape index (κ2) is 7.26. The van der Waals surface area contributed by atoms with Crippen molar-refractivity contribution >= 4 is 34.1 Å². The molecule has 1 aliphatic heterocycles. The summed E-state index contributed by atoms with van der Waals surface area (Å²) in [6.45, 7) is 1.89. The summed E-state index contributed by atoms with van der Waals surface area (Å²) >= 11 is 3.44. The Hall–Kier alpha value is -1.37. The highest BCUT2D eigenvalue weighted by molar-refractivity contribution is 7.99. The largest absolute Gasteiger partial charge is 0.290 e. The minimum atomic E-state index is -0.226. The van der Waals surface area contributed by atoms with Crippen LogP contribution in [0.2, 0.25) is 0 Å². The van der Waals surface area contributed by atoms with E-state index in [1.54, 1.807) is 11.1 Å². The van der Waals surface area contributed by atoms with Crippen LogP contribution in [-0.2, 0) is 4.79 Å². The van der Waals surface area contributed by atoms with E-state index in [4.69, 9.17) is 0 Å². The summed E-state index contributed by atoms with van der Waals surface area (Å²) < 4.78 is 0. The highest BCUT2D eigenvalue weighted by atomic mass is 32.2. The van der Waals surface area contributed by atoms with Gasteiger partial charge in [-0.1, -0.05) is 30.3 Å². The minimum Gasteiger partial charge on any atom is -0.290 e. The third kappa shape index (κ3) is 3.34. The SMILES string of the molecule is CN(C(=O)C(c1ccccc1)N1CCSCC1)c1nccs1. The second-order valence-corrected chi connectivity index (χ2v) is 7.27. The van der Waals surface area contributed by atoms with Crippen LogP contribution in [-0.4, -0.2) is 47.4 Å². The van der Waals surface area contributed by atoms with E-state index in [1.807, 2.05) is 54.5 Å². The maximum absolute atomic E-state index is 13.1. The molecule has 1 atom stereocenters. The predicted octanol–water partition coefficient (Wildman–Crippen LogP) is 2.90. The molecule has 0 spiro atoms. The third-order valence-electron chi connectivity index (χ3n) is 3.80. The number of aromatic nitrogens is 1. The van der Waals surface area contributed by atoms with Crippen LogP contribution in [0.1, 0.15) is 11.6 Å².